The van der Waals surface area contributed by atoms with Crippen molar-refractivity contribution in [3.63, 3.8) is 0 Å². The second-order valence-electron chi connectivity index (χ2n) is 6.02. The average molecular weight is 347 g/mol. The van der Waals surface area contributed by atoms with Crippen LogP contribution in [0.2, 0.25) is 0 Å². The molecule has 0 bridgehead atoms. The Bertz CT molecular complexity index is 642. The van der Waals surface area contributed by atoms with Gasteiger partial charge in [0.05, 0.1) is 6.04 Å². The molecule has 0 aliphatic carbocycles. The van der Waals surface area contributed by atoms with Gasteiger partial charge in [0.2, 0.25) is 0 Å². The van der Waals surface area contributed by atoms with Crippen LogP contribution in [-0.4, -0.2) is 50.7 Å². The Balaban J connectivity index is 1.84. The van der Waals surface area contributed by atoms with Crippen LogP contribution in [0.5, 0.6) is 0 Å². The summed E-state index contributed by atoms with van der Waals surface area (Å²) in [6.45, 7) is 1.04. The number of hydrogen-bond donors (Lipinski definition) is 2. The number of hydrogen-bond acceptors (Lipinski definition) is 5. The van der Waals surface area contributed by atoms with Crippen molar-refractivity contribution in [2.24, 2.45) is 0 Å². The summed E-state index contributed by atoms with van der Waals surface area (Å²) in [7, 11) is 7.92. The molecule has 0 unspecified atom stereocenters. The summed E-state index contributed by atoms with van der Waals surface area (Å²) < 4.78 is 0. The third-order valence-corrected chi connectivity index (χ3v) is 4.43. The van der Waals surface area contributed by atoms with Crippen LogP contribution in [0.4, 0.5) is 10.6 Å². The average Bonchev–Trinajstić information content (AvgIpc) is 3.07. The van der Waals surface area contributed by atoms with Gasteiger partial charge >= 0.3 is 6.03 Å². The first-order valence-corrected chi connectivity index (χ1v) is 8.74. The number of anilines is 1. The molecule has 0 aliphatic rings. The standard InChI is InChI=1S/C17H25N5OS/c1-21(2)15(14-6-8-24-12-14)11-20-17(23)19-10-13-5-7-18-16(9-13)22(3)4/h5-9,12,15H,10-11H2,1-4H3,(H2,19,20,23)/t15-/m0/s1. The Morgan fingerprint density at radius 2 is 2.04 bits per heavy atom. The number of thiophene rings is 1. The summed E-state index contributed by atoms with van der Waals surface area (Å²) in [5, 5.41) is 10.0. The van der Waals surface area contributed by atoms with Crippen LogP contribution in [-0.2, 0) is 6.54 Å². The quantitative estimate of drug-likeness (QED) is 0.807. The molecule has 0 saturated carbocycles. The number of aromatic nitrogens is 1. The Morgan fingerprint density at radius 3 is 2.67 bits per heavy atom. The Kier molecular flexibility index (Phi) is 6.57. The molecule has 2 heterocycles. The smallest absolute Gasteiger partial charge is 0.315 e. The topological polar surface area (TPSA) is 60.5 Å². The van der Waals surface area contributed by atoms with Gasteiger partial charge in [-0.05, 0) is 54.2 Å². The number of carbonyl (C=O) groups excluding carboxylic acids is 1. The van der Waals surface area contributed by atoms with Crippen LogP contribution in [0, 0.1) is 0 Å². The van der Waals surface area contributed by atoms with E-state index in [9.17, 15) is 4.79 Å². The summed E-state index contributed by atoms with van der Waals surface area (Å²) in [6.07, 6.45) is 1.75. The number of nitrogens with zero attached hydrogens (tertiary/aromatic N) is 3. The minimum atomic E-state index is -0.166. The van der Waals surface area contributed by atoms with Crippen LogP contribution < -0.4 is 15.5 Å². The molecule has 7 heteroatoms. The number of pyridine rings is 1. The van der Waals surface area contributed by atoms with Crippen LogP contribution in [0.15, 0.2) is 35.2 Å². The highest BCUT2D eigenvalue weighted by Gasteiger charge is 2.15. The van der Waals surface area contributed by atoms with Gasteiger partial charge in [-0.3, -0.25) is 0 Å². The zero-order valence-electron chi connectivity index (χ0n) is 14.6. The Labute approximate surface area is 147 Å². The van der Waals surface area contributed by atoms with Gasteiger partial charge in [0.15, 0.2) is 0 Å². The molecule has 6 nitrogen and oxygen atoms in total. The predicted octanol–water partition coefficient (Wildman–Crippen LogP) is 2.31. The fraction of sp³-hybridized carbons (Fsp3) is 0.412. The zero-order valence-corrected chi connectivity index (χ0v) is 15.4. The first-order chi connectivity index (χ1) is 11.5. The largest absolute Gasteiger partial charge is 0.363 e. The molecular weight excluding hydrogens is 322 g/mol. The normalized spacial score (nSPS) is 12.0. The first kappa shape index (κ1) is 18.2. The summed E-state index contributed by atoms with van der Waals surface area (Å²) in [5.41, 5.74) is 2.24. The van der Waals surface area contributed by atoms with Crippen molar-refractivity contribution < 1.29 is 4.79 Å². The highest BCUT2D eigenvalue weighted by Crippen LogP contribution is 2.19. The van der Waals surface area contributed by atoms with Gasteiger partial charge in [0.25, 0.3) is 0 Å². The molecule has 2 aromatic heterocycles. The number of nitrogens with one attached hydrogen (secondary N) is 2. The lowest BCUT2D eigenvalue weighted by molar-refractivity contribution is 0.232. The van der Waals surface area contributed by atoms with Gasteiger partial charge < -0.3 is 20.4 Å². The summed E-state index contributed by atoms with van der Waals surface area (Å²) in [4.78, 5) is 20.4. The Morgan fingerprint density at radius 1 is 1.25 bits per heavy atom. The fourth-order valence-corrected chi connectivity index (χ4v) is 3.02. The molecule has 1 atom stereocenters. The van der Waals surface area contributed by atoms with Crippen LogP contribution >= 0.6 is 11.3 Å². The van der Waals surface area contributed by atoms with Crippen molar-refractivity contribution in [1.29, 1.82) is 0 Å². The second kappa shape index (κ2) is 8.65. The summed E-state index contributed by atoms with van der Waals surface area (Å²) in [5.74, 6) is 0.875. The van der Waals surface area contributed by atoms with E-state index in [4.69, 9.17) is 0 Å². The van der Waals surface area contributed by atoms with Crippen LogP contribution in [0.3, 0.4) is 0 Å². The minimum absolute atomic E-state index is 0.166. The summed E-state index contributed by atoms with van der Waals surface area (Å²) >= 11 is 1.67. The van der Waals surface area contributed by atoms with E-state index in [1.54, 1.807) is 17.5 Å². The molecule has 2 aromatic rings. The highest BCUT2D eigenvalue weighted by atomic mass is 32.1. The van der Waals surface area contributed by atoms with Gasteiger partial charge in [-0.2, -0.15) is 11.3 Å². The van der Waals surface area contributed by atoms with E-state index in [1.807, 2.05) is 45.2 Å². The van der Waals surface area contributed by atoms with Gasteiger partial charge in [0, 0.05) is 33.4 Å². The van der Waals surface area contributed by atoms with Crippen molar-refractivity contribution in [3.05, 3.63) is 46.3 Å². The minimum Gasteiger partial charge on any atom is -0.363 e. The lowest BCUT2D eigenvalue weighted by atomic mass is 10.1. The number of amides is 2. The maximum Gasteiger partial charge on any atom is 0.315 e. The van der Waals surface area contributed by atoms with Crippen molar-refractivity contribution in [1.82, 2.24) is 20.5 Å². The third kappa shape index (κ3) is 5.21. The van der Waals surface area contributed by atoms with Gasteiger partial charge in [-0.1, -0.05) is 0 Å². The predicted molar refractivity (Wildman–Crippen MR) is 99.5 cm³/mol. The molecule has 0 radical (unpaired) electrons. The number of rotatable bonds is 7. The number of urea groups is 1. The van der Waals surface area contributed by atoms with Crippen LogP contribution in [0.25, 0.3) is 0 Å². The van der Waals surface area contributed by atoms with E-state index >= 15 is 0 Å². The third-order valence-electron chi connectivity index (χ3n) is 3.73. The molecule has 2 N–H and O–H groups in total. The van der Waals surface area contributed by atoms with E-state index in [2.05, 4.69) is 37.3 Å². The van der Waals surface area contributed by atoms with E-state index in [0.29, 0.717) is 13.1 Å². The van der Waals surface area contributed by atoms with Gasteiger partial charge in [-0.15, -0.1) is 0 Å². The van der Waals surface area contributed by atoms with Gasteiger partial charge in [0.1, 0.15) is 5.82 Å². The van der Waals surface area contributed by atoms with Gasteiger partial charge in [-0.25, -0.2) is 9.78 Å². The first-order valence-electron chi connectivity index (χ1n) is 7.80. The van der Waals surface area contributed by atoms with E-state index in [1.165, 1.54) is 5.56 Å². The maximum atomic E-state index is 12.1. The monoisotopic (exact) mass is 347 g/mol. The van der Waals surface area contributed by atoms with Crippen molar-refractivity contribution in [3.8, 4) is 0 Å². The van der Waals surface area contributed by atoms with Crippen LogP contribution in [0.1, 0.15) is 17.2 Å². The lowest BCUT2D eigenvalue weighted by Crippen LogP contribution is -2.40. The molecule has 130 valence electrons. The molecule has 2 amide bonds. The van der Waals surface area contributed by atoms with E-state index < -0.39 is 0 Å². The van der Waals surface area contributed by atoms with Crippen molar-refractivity contribution >= 4 is 23.2 Å². The van der Waals surface area contributed by atoms with E-state index in [-0.39, 0.29) is 12.1 Å². The van der Waals surface area contributed by atoms with E-state index in [0.717, 1.165) is 11.4 Å². The van der Waals surface area contributed by atoms with Crippen molar-refractivity contribution in [2.45, 2.75) is 12.6 Å². The molecule has 2 rings (SSSR count). The molecular formula is C17H25N5OS. The molecule has 24 heavy (non-hydrogen) atoms. The lowest BCUT2D eigenvalue weighted by Gasteiger charge is -2.24. The summed E-state index contributed by atoms with van der Waals surface area (Å²) in [6, 6.07) is 5.97. The maximum absolute atomic E-state index is 12.1. The molecule has 0 fully saturated rings. The van der Waals surface area contributed by atoms with Crippen molar-refractivity contribution in [2.75, 3.05) is 39.6 Å². The molecule has 0 aliphatic heterocycles. The zero-order chi connectivity index (χ0) is 17.5. The highest BCUT2D eigenvalue weighted by molar-refractivity contribution is 7.07. The molecule has 0 spiro atoms. The fourth-order valence-electron chi connectivity index (χ4n) is 2.31. The molecule has 0 saturated heterocycles. The number of likely N-dealkylation sites (N-methyl/N-ethyl adjacent to an activating group) is 1. The second-order valence-corrected chi connectivity index (χ2v) is 6.80. The Hall–Kier alpha value is -2.12. The number of carbonyl (C=O) groups is 1. The SMILES string of the molecule is CN(C)c1cc(CNC(=O)NC[C@@H](c2ccsc2)N(C)C)ccn1. The molecule has 0 aromatic carbocycles.